The van der Waals surface area contributed by atoms with Crippen LogP contribution in [0.1, 0.15) is 53.2 Å². The summed E-state index contributed by atoms with van der Waals surface area (Å²) in [6.45, 7) is 13.8. The van der Waals surface area contributed by atoms with Crippen LogP contribution in [0.15, 0.2) is 11.1 Å². The number of piperidine rings is 1. The molecule has 2 atom stereocenters. The predicted molar refractivity (Wildman–Crippen MR) is 114 cm³/mol. The van der Waals surface area contributed by atoms with Gasteiger partial charge in [-0.05, 0) is 54.4 Å². The lowest BCUT2D eigenvalue weighted by Crippen LogP contribution is -2.51. The zero-order chi connectivity index (χ0) is 21.9. The Morgan fingerprint density at radius 3 is 2.41 bits per heavy atom. The number of carbonyl (C=O) groups excluding carboxylic acids is 1. The Hall–Kier alpha value is -1.45. The molecule has 1 aromatic rings. The summed E-state index contributed by atoms with van der Waals surface area (Å²) in [5.41, 5.74) is 0.604. The second-order valence-corrected chi connectivity index (χ2v) is 10.6. The van der Waals surface area contributed by atoms with Crippen molar-refractivity contribution in [3.63, 3.8) is 0 Å². The van der Waals surface area contributed by atoms with Gasteiger partial charge in [0, 0.05) is 44.8 Å². The van der Waals surface area contributed by atoms with Gasteiger partial charge in [0.1, 0.15) is 4.90 Å². The van der Waals surface area contributed by atoms with Crippen molar-refractivity contribution < 1.29 is 13.2 Å². The first kappa shape index (κ1) is 23.8. The molecule has 1 aromatic heterocycles. The van der Waals surface area contributed by atoms with Gasteiger partial charge in [-0.3, -0.25) is 14.4 Å². The van der Waals surface area contributed by atoms with E-state index in [4.69, 9.17) is 0 Å². The summed E-state index contributed by atoms with van der Waals surface area (Å²) in [5.74, 6) is -0.391. The molecule has 1 aliphatic heterocycles. The minimum absolute atomic E-state index is 0.000138. The highest BCUT2D eigenvalue weighted by atomic mass is 32.2. The van der Waals surface area contributed by atoms with Crippen molar-refractivity contribution in [2.24, 2.45) is 13.0 Å². The fourth-order valence-corrected chi connectivity index (χ4v) is 5.70. The molecule has 1 fully saturated rings. The second kappa shape index (κ2) is 9.57. The molecule has 0 aliphatic carbocycles. The Bertz CT molecular complexity index is 795. The number of nitrogens with one attached hydrogen (secondary N) is 1. The summed E-state index contributed by atoms with van der Waals surface area (Å²) in [5, 5.41) is 7.15. The molecular formula is C20H37N5O3S. The van der Waals surface area contributed by atoms with Crippen LogP contribution in [-0.4, -0.2) is 71.1 Å². The van der Waals surface area contributed by atoms with Gasteiger partial charge in [-0.25, -0.2) is 8.42 Å². The average molecular weight is 428 g/mol. The van der Waals surface area contributed by atoms with E-state index in [1.165, 1.54) is 10.5 Å². The zero-order valence-corrected chi connectivity index (χ0v) is 19.7. The van der Waals surface area contributed by atoms with Gasteiger partial charge >= 0.3 is 0 Å². The molecule has 0 aromatic carbocycles. The van der Waals surface area contributed by atoms with Crippen LogP contribution in [0.3, 0.4) is 0 Å². The molecule has 0 bridgehead atoms. The number of aromatic nitrogens is 2. The smallest absolute Gasteiger partial charge is 0.246 e. The molecule has 1 amide bonds. The molecule has 1 N–H and O–H groups in total. The first-order valence-electron chi connectivity index (χ1n) is 10.5. The van der Waals surface area contributed by atoms with E-state index in [-0.39, 0.29) is 29.3 Å². The topological polar surface area (TPSA) is 87.5 Å². The highest BCUT2D eigenvalue weighted by Gasteiger charge is 2.35. The van der Waals surface area contributed by atoms with E-state index >= 15 is 0 Å². The van der Waals surface area contributed by atoms with Gasteiger partial charge in [0.25, 0.3) is 0 Å². The van der Waals surface area contributed by atoms with Crippen molar-refractivity contribution in [3.8, 4) is 0 Å². The molecule has 0 spiro atoms. The van der Waals surface area contributed by atoms with Gasteiger partial charge in [0.05, 0.1) is 17.8 Å². The van der Waals surface area contributed by atoms with Crippen LogP contribution in [0.4, 0.5) is 0 Å². The van der Waals surface area contributed by atoms with Crippen LogP contribution in [0.2, 0.25) is 0 Å². The molecule has 0 saturated carbocycles. The molecule has 166 valence electrons. The number of nitrogens with zero attached hydrogens (tertiary/aromatic N) is 4. The summed E-state index contributed by atoms with van der Waals surface area (Å²) >= 11 is 0. The van der Waals surface area contributed by atoms with Crippen molar-refractivity contribution in [1.29, 1.82) is 0 Å². The SMILES string of the molecule is Cc1c(S(=O)(=O)N2CCC[C@H](C(=O)N[C@H](C)CN(C(C)C)C(C)C)C2)cnn1C. The fraction of sp³-hybridized carbons (Fsp3) is 0.800. The summed E-state index contributed by atoms with van der Waals surface area (Å²) in [7, 11) is -1.92. The third kappa shape index (κ3) is 5.58. The van der Waals surface area contributed by atoms with Gasteiger partial charge in [-0.1, -0.05) is 0 Å². The quantitative estimate of drug-likeness (QED) is 0.683. The monoisotopic (exact) mass is 427 g/mol. The van der Waals surface area contributed by atoms with E-state index in [2.05, 4.69) is 43.0 Å². The van der Waals surface area contributed by atoms with Gasteiger partial charge < -0.3 is 5.32 Å². The lowest BCUT2D eigenvalue weighted by Gasteiger charge is -2.35. The van der Waals surface area contributed by atoms with Crippen LogP contribution in [-0.2, 0) is 21.9 Å². The van der Waals surface area contributed by atoms with E-state index in [0.29, 0.717) is 37.2 Å². The predicted octanol–water partition coefficient (Wildman–Crippen LogP) is 1.75. The maximum atomic E-state index is 13.0. The Balaban J connectivity index is 2.03. The van der Waals surface area contributed by atoms with Crippen molar-refractivity contribution in [1.82, 2.24) is 24.3 Å². The molecule has 2 rings (SSSR count). The average Bonchev–Trinajstić information content (AvgIpc) is 2.98. The van der Waals surface area contributed by atoms with Crippen LogP contribution in [0.5, 0.6) is 0 Å². The Labute approximate surface area is 175 Å². The summed E-state index contributed by atoms with van der Waals surface area (Å²) in [4.78, 5) is 15.4. The van der Waals surface area contributed by atoms with Gasteiger partial charge in [0.15, 0.2) is 0 Å². The van der Waals surface area contributed by atoms with Crippen LogP contribution in [0, 0.1) is 12.8 Å². The molecule has 2 heterocycles. The number of sulfonamides is 1. The van der Waals surface area contributed by atoms with E-state index < -0.39 is 10.0 Å². The minimum atomic E-state index is -3.65. The molecule has 1 saturated heterocycles. The van der Waals surface area contributed by atoms with Crippen molar-refractivity contribution in [2.45, 2.75) is 77.4 Å². The first-order chi connectivity index (χ1) is 13.4. The van der Waals surface area contributed by atoms with E-state index in [0.717, 1.165) is 6.54 Å². The molecule has 29 heavy (non-hydrogen) atoms. The van der Waals surface area contributed by atoms with Gasteiger partial charge in [0.2, 0.25) is 15.9 Å². The number of amides is 1. The maximum Gasteiger partial charge on any atom is 0.246 e. The first-order valence-corrected chi connectivity index (χ1v) is 11.9. The standard InChI is InChI=1S/C20H37N5O3S/c1-14(2)25(15(3)4)12-16(5)22-20(26)18-9-8-10-24(13-18)29(27,28)19-11-21-23(7)17(19)6/h11,14-16,18H,8-10,12-13H2,1-7H3,(H,22,26)/t16-,18+/m1/s1. The highest BCUT2D eigenvalue weighted by Crippen LogP contribution is 2.25. The minimum Gasteiger partial charge on any atom is -0.352 e. The number of aryl methyl sites for hydroxylation is 1. The zero-order valence-electron chi connectivity index (χ0n) is 18.8. The molecule has 1 aliphatic rings. The number of carbonyl (C=O) groups is 1. The normalized spacial score (nSPS) is 19.9. The highest BCUT2D eigenvalue weighted by molar-refractivity contribution is 7.89. The van der Waals surface area contributed by atoms with E-state index in [1.54, 1.807) is 18.7 Å². The number of rotatable bonds is 8. The Morgan fingerprint density at radius 2 is 1.90 bits per heavy atom. The Morgan fingerprint density at radius 1 is 1.28 bits per heavy atom. The number of hydrogen-bond donors (Lipinski definition) is 1. The van der Waals surface area contributed by atoms with Gasteiger partial charge in [-0.15, -0.1) is 0 Å². The third-order valence-corrected chi connectivity index (χ3v) is 7.73. The second-order valence-electron chi connectivity index (χ2n) is 8.71. The van der Waals surface area contributed by atoms with E-state index in [1.807, 2.05) is 6.92 Å². The largest absolute Gasteiger partial charge is 0.352 e. The van der Waals surface area contributed by atoms with Crippen LogP contribution >= 0.6 is 0 Å². The molecule has 0 unspecified atom stereocenters. The molecule has 8 nitrogen and oxygen atoms in total. The summed E-state index contributed by atoms with van der Waals surface area (Å²) in [6.07, 6.45) is 2.77. The third-order valence-electron chi connectivity index (χ3n) is 5.76. The lowest BCUT2D eigenvalue weighted by atomic mass is 9.98. The maximum absolute atomic E-state index is 13.0. The van der Waals surface area contributed by atoms with Crippen LogP contribution < -0.4 is 5.32 Å². The van der Waals surface area contributed by atoms with Crippen LogP contribution in [0.25, 0.3) is 0 Å². The van der Waals surface area contributed by atoms with Crippen molar-refractivity contribution >= 4 is 15.9 Å². The summed E-state index contributed by atoms with van der Waals surface area (Å²) in [6, 6.07) is 0.791. The van der Waals surface area contributed by atoms with Crippen molar-refractivity contribution in [2.75, 3.05) is 19.6 Å². The van der Waals surface area contributed by atoms with Gasteiger partial charge in [-0.2, -0.15) is 9.40 Å². The lowest BCUT2D eigenvalue weighted by molar-refractivity contribution is -0.126. The Kier molecular flexibility index (Phi) is 7.86. The molecule has 9 heteroatoms. The molecular weight excluding hydrogens is 390 g/mol. The van der Waals surface area contributed by atoms with Crippen molar-refractivity contribution in [3.05, 3.63) is 11.9 Å². The summed E-state index contributed by atoms with van der Waals surface area (Å²) < 4.78 is 29.1. The van der Waals surface area contributed by atoms with E-state index in [9.17, 15) is 13.2 Å². The fourth-order valence-electron chi connectivity index (χ4n) is 3.99. The number of hydrogen-bond acceptors (Lipinski definition) is 5. The molecule has 0 radical (unpaired) electrons.